The molecule has 0 saturated heterocycles. The monoisotopic (exact) mass is 825 g/mol. The number of carboxylic acids is 2. The number of nitrogens with two attached hydrogens (primary N) is 4. The van der Waals surface area contributed by atoms with E-state index in [0.717, 1.165) is 69.8 Å². The topological polar surface area (TPSA) is 319 Å². The molecule has 2 aliphatic rings. The predicted octanol–water partition coefficient (Wildman–Crippen LogP) is 2.17. The fourth-order valence-corrected chi connectivity index (χ4v) is 7.22. The number of primary amides is 1. The Hall–Kier alpha value is -5.43. The van der Waals surface area contributed by atoms with Crippen molar-refractivity contribution in [3.63, 3.8) is 0 Å². The molecule has 2 fully saturated rings. The van der Waals surface area contributed by atoms with E-state index in [-0.39, 0.29) is 48.9 Å². The first kappa shape index (κ1) is 48.7. The van der Waals surface area contributed by atoms with Gasteiger partial charge in [-0.25, -0.2) is 4.79 Å². The number of guanidine groups is 1. The van der Waals surface area contributed by atoms with Gasteiger partial charge in [0, 0.05) is 24.4 Å². The first-order valence-corrected chi connectivity index (χ1v) is 19.5. The molecule has 20 heteroatoms. The summed E-state index contributed by atoms with van der Waals surface area (Å²) in [7, 11) is 0. The van der Waals surface area contributed by atoms with Gasteiger partial charge in [-0.1, -0.05) is 75.6 Å². The number of carbonyl (C=O) groups excluding carboxylic acids is 4. The average molecular weight is 826 g/mol. The zero-order valence-electron chi connectivity index (χ0n) is 32.5. The number of carboxylic acid groups (broad SMARTS) is 2. The van der Waals surface area contributed by atoms with Crippen LogP contribution in [0.2, 0.25) is 0 Å². The van der Waals surface area contributed by atoms with E-state index in [1.54, 1.807) is 12.1 Å². The van der Waals surface area contributed by atoms with Gasteiger partial charge in [0.15, 0.2) is 5.96 Å². The third kappa shape index (κ3) is 18.2. The lowest BCUT2D eigenvalue weighted by molar-refractivity contribution is -0.192. The molecule has 0 spiro atoms. The molecule has 1 aromatic rings. The van der Waals surface area contributed by atoms with Crippen molar-refractivity contribution in [3.8, 4) is 0 Å². The summed E-state index contributed by atoms with van der Waals surface area (Å²) in [5, 5.41) is 32.6. The van der Waals surface area contributed by atoms with Crippen LogP contribution in [-0.4, -0.2) is 88.4 Å². The quantitative estimate of drug-likeness (QED) is 0.0516. The standard InChI is InChI=1S/C36H57N9O6.C2HF3O2/c37-31(38)25-15-13-23(14-16-25)20-26(24-10-5-2-6-11-24)33(49)43-28(17-18-30(46)47)35(51)44-27(12-7-19-42-36(40)41)34(50)45-29(32(39)48)21-22-8-3-1-4-9-22;3-2(4,5)1(6)7/h13-16,22,24,26-29H,1-12,17-21H2,(H3,37,38)(H2,39,48)(H,43,49)(H,44,51)(H,45,50)(H,46,47)(H4,40,41,42);(H,6,7)/t26-,27+,28+,29+;/m1./s1. The number of hydrogen-bond acceptors (Lipinski definition) is 8. The van der Waals surface area contributed by atoms with Crippen molar-refractivity contribution in [3.05, 3.63) is 35.4 Å². The summed E-state index contributed by atoms with van der Waals surface area (Å²) in [6.07, 6.45) is 5.31. The Bertz CT molecular complexity index is 1580. The lowest BCUT2D eigenvalue weighted by Gasteiger charge is -2.31. The Morgan fingerprint density at radius 2 is 1.26 bits per heavy atom. The van der Waals surface area contributed by atoms with Gasteiger partial charge in [0.25, 0.3) is 0 Å². The molecule has 2 aliphatic carbocycles. The Morgan fingerprint density at radius 1 is 0.759 bits per heavy atom. The van der Waals surface area contributed by atoms with E-state index in [1.807, 2.05) is 12.1 Å². The molecule has 0 bridgehead atoms. The lowest BCUT2D eigenvalue weighted by atomic mass is 9.76. The average Bonchev–Trinajstić information content (AvgIpc) is 3.16. The summed E-state index contributed by atoms with van der Waals surface area (Å²) in [6, 6.07) is 3.79. The maximum atomic E-state index is 14.0. The van der Waals surface area contributed by atoms with E-state index in [1.165, 1.54) is 0 Å². The first-order valence-electron chi connectivity index (χ1n) is 19.5. The molecule has 4 amide bonds. The van der Waals surface area contributed by atoms with Gasteiger partial charge in [0.1, 0.15) is 24.0 Å². The van der Waals surface area contributed by atoms with Gasteiger partial charge >= 0.3 is 18.1 Å². The fraction of sp³-hybridized carbons (Fsp3) is 0.632. The molecule has 3 rings (SSSR count). The summed E-state index contributed by atoms with van der Waals surface area (Å²) in [6.45, 7) is 0.180. The highest BCUT2D eigenvalue weighted by Gasteiger charge is 2.38. The van der Waals surface area contributed by atoms with E-state index in [4.69, 9.17) is 38.2 Å². The summed E-state index contributed by atoms with van der Waals surface area (Å²) in [5.74, 6) is -6.68. The van der Waals surface area contributed by atoms with Gasteiger partial charge in [-0.15, -0.1) is 0 Å². The number of amidine groups is 1. The zero-order valence-corrected chi connectivity index (χ0v) is 32.5. The van der Waals surface area contributed by atoms with Crippen LogP contribution in [0.5, 0.6) is 0 Å². The van der Waals surface area contributed by atoms with Crippen LogP contribution in [0.25, 0.3) is 0 Å². The molecule has 0 radical (unpaired) electrons. The van der Waals surface area contributed by atoms with E-state index in [9.17, 15) is 42.3 Å². The molecular weight excluding hydrogens is 767 g/mol. The third-order valence-corrected chi connectivity index (χ3v) is 10.3. The molecule has 0 aliphatic heterocycles. The summed E-state index contributed by atoms with van der Waals surface area (Å²) >= 11 is 0. The number of nitrogens with zero attached hydrogens (tertiary/aromatic N) is 1. The summed E-state index contributed by atoms with van der Waals surface area (Å²) in [5.41, 5.74) is 23.6. The summed E-state index contributed by atoms with van der Waals surface area (Å²) < 4.78 is 31.7. The largest absolute Gasteiger partial charge is 0.490 e. The smallest absolute Gasteiger partial charge is 0.481 e. The molecule has 0 aromatic heterocycles. The maximum Gasteiger partial charge on any atom is 0.490 e. The molecule has 1 aromatic carbocycles. The van der Waals surface area contributed by atoms with Gasteiger partial charge in [-0.2, -0.15) is 13.2 Å². The Labute approximate surface area is 335 Å². The van der Waals surface area contributed by atoms with Gasteiger partial charge in [-0.3, -0.25) is 34.4 Å². The number of alkyl halides is 3. The molecule has 14 N–H and O–H groups in total. The van der Waals surface area contributed by atoms with E-state index in [2.05, 4.69) is 20.9 Å². The normalized spacial score (nSPS) is 16.8. The second-order valence-corrected chi connectivity index (χ2v) is 14.8. The van der Waals surface area contributed by atoms with Crippen molar-refractivity contribution in [1.82, 2.24) is 16.0 Å². The minimum atomic E-state index is -5.08. The van der Waals surface area contributed by atoms with Gasteiger partial charge in [0.05, 0.1) is 0 Å². The molecule has 4 atom stereocenters. The minimum Gasteiger partial charge on any atom is -0.481 e. The van der Waals surface area contributed by atoms with Gasteiger partial charge in [-0.05, 0) is 62.3 Å². The number of aliphatic carboxylic acids is 2. The summed E-state index contributed by atoms with van der Waals surface area (Å²) in [4.78, 5) is 78.4. The minimum absolute atomic E-state index is 0.0541. The molecule has 2 saturated carbocycles. The van der Waals surface area contributed by atoms with Crippen LogP contribution in [0, 0.1) is 23.2 Å². The number of halogens is 3. The number of nitrogen functional groups attached to an aromatic ring is 1. The number of hydrogen-bond donors (Lipinski definition) is 10. The molecular formula is C38H58F3N9O8. The number of rotatable bonds is 20. The van der Waals surface area contributed by atoms with Crippen LogP contribution in [0.3, 0.4) is 0 Å². The zero-order chi connectivity index (χ0) is 43.4. The Morgan fingerprint density at radius 3 is 1.74 bits per heavy atom. The van der Waals surface area contributed by atoms with Crippen molar-refractivity contribution in [2.24, 2.45) is 45.7 Å². The van der Waals surface area contributed by atoms with Crippen LogP contribution in [0.15, 0.2) is 29.3 Å². The fourth-order valence-electron chi connectivity index (χ4n) is 7.22. The van der Waals surface area contributed by atoms with E-state index in [0.29, 0.717) is 24.8 Å². The van der Waals surface area contributed by atoms with Crippen LogP contribution in [-0.2, 0) is 35.2 Å². The SMILES string of the molecule is N=C(N)c1ccc(C[C@@H](C(=O)N[C@@H](CCC(=O)O)C(=O)N[C@@H](CCCN=C(N)N)C(=O)N[C@@H](CC2CCCCC2)C(N)=O)C2CCCCC2)cc1.O=C(O)C(F)(F)F. The molecule has 17 nitrogen and oxygen atoms in total. The number of amides is 4. The van der Waals surface area contributed by atoms with E-state index >= 15 is 0 Å². The predicted molar refractivity (Wildman–Crippen MR) is 208 cm³/mol. The number of carbonyl (C=O) groups is 6. The second-order valence-electron chi connectivity index (χ2n) is 14.8. The molecule has 58 heavy (non-hydrogen) atoms. The van der Waals surface area contributed by atoms with Crippen LogP contribution < -0.4 is 38.9 Å². The number of nitrogens with one attached hydrogen (secondary N) is 4. The molecule has 0 heterocycles. The van der Waals surface area contributed by atoms with Crippen molar-refractivity contribution >= 4 is 47.4 Å². The Balaban J connectivity index is 0.00000151. The van der Waals surface area contributed by atoms with Crippen molar-refractivity contribution in [1.29, 1.82) is 5.41 Å². The van der Waals surface area contributed by atoms with Gasteiger partial charge in [0.2, 0.25) is 23.6 Å². The van der Waals surface area contributed by atoms with Crippen molar-refractivity contribution in [2.45, 2.75) is 127 Å². The lowest BCUT2D eigenvalue weighted by Crippen LogP contribution is -2.57. The highest BCUT2D eigenvalue weighted by atomic mass is 19.4. The van der Waals surface area contributed by atoms with E-state index < -0.39 is 66.3 Å². The van der Waals surface area contributed by atoms with Crippen LogP contribution in [0.1, 0.15) is 107 Å². The van der Waals surface area contributed by atoms with Crippen LogP contribution >= 0.6 is 0 Å². The Kier molecular flexibility index (Phi) is 20.5. The second kappa shape index (κ2) is 24.4. The van der Waals surface area contributed by atoms with Crippen LogP contribution in [0.4, 0.5) is 13.2 Å². The maximum absolute atomic E-state index is 14.0. The highest BCUT2D eigenvalue weighted by molar-refractivity contribution is 5.95. The van der Waals surface area contributed by atoms with Crippen molar-refractivity contribution in [2.75, 3.05) is 6.54 Å². The first-order chi connectivity index (χ1) is 27.3. The molecule has 324 valence electrons. The highest BCUT2D eigenvalue weighted by Crippen LogP contribution is 2.33. The molecule has 0 unspecified atom stereocenters. The number of aliphatic imine (C=N–C) groups is 1. The number of benzene rings is 1. The van der Waals surface area contributed by atoms with Gasteiger partial charge < -0.3 is 49.1 Å². The third-order valence-electron chi connectivity index (χ3n) is 10.3. The van der Waals surface area contributed by atoms with Crippen molar-refractivity contribution < 1.29 is 52.2 Å².